The van der Waals surface area contributed by atoms with Crippen LogP contribution in [0.3, 0.4) is 0 Å². The van der Waals surface area contributed by atoms with Crippen LogP contribution in [0.5, 0.6) is 0 Å². The topological polar surface area (TPSA) is 3.24 Å². The lowest BCUT2D eigenvalue weighted by Gasteiger charge is -2.29. The van der Waals surface area contributed by atoms with Crippen molar-refractivity contribution in [3.05, 3.63) is 223 Å². The van der Waals surface area contributed by atoms with Gasteiger partial charge in [-0.15, -0.1) is 11.3 Å². The summed E-state index contributed by atoms with van der Waals surface area (Å²) in [6.45, 7) is 4.70. The zero-order chi connectivity index (χ0) is 39.5. The number of rotatable bonds is 7. The fourth-order valence-electron chi connectivity index (χ4n) is 9.42. The Morgan fingerprint density at radius 1 is 0.339 bits per heavy atom. The minimum atomic E-state index is -0.0746. The molecule has 1 nitrogen and oxygen atoms in total. The summed E-state index contributed by atoms with van der Waals surface area (Å²) < 4.78 is 2.65. The van der Waals surface area contributed by atoms with E-state index in [-0.39, 0.29) is 5.41 Å². The van der Waals surface area contributed by atoms with Crippen molar-refractivity contribution in [1.29, 1.82) is 0 Å². The van der Waals surface area contributed by atoms with Crippen molar-refractivity contribution in [3.8, 4) is 55.6 Å². The van der Waals surface area contributed by atoms with Gasteiger partial charge in [-0.2, -0.15) is 0 Å². The van der Waals surface area contributed by atoms with Gasteiger partial charge in [0.15, 0.2) is 0 Å². The number of fused-ring (bicyclic) bond motifs is 6. The van der Waals surface area contributed by atoms with E-state index in [0.717, 1.165) is 17.1 Å². The molecule has 11 rings (SSSR count). The van der Waals surface area contributed by atoms with Crippen LogP contribution in [0.15, 0.2) is 212 Å². The third-order valence-corrected chi connectivity index (χ3v) is 13.5. The number of anilines is 3. The Balaban J connectivity index is 1.09. The summed E-state index contributed by atoms with van der Waals surface area (Å²) in [6.07, 6.45) is 0. The first kappa shape index (κ1) is 35.2. The van der Waals surface area contributed by atoms with E-state index in [4.69, 9.17) is 0 Å². The van der Waals surface area contributed by atoms with E-state index in [1.807, 2.05) is 11.3 Å². The SMILES string of the molecule is CC1(C)c2ccccc2-c2cc(N(c3ccc(-c4ccc5sc6ccccc6c5c4)cc3)c3ccccc3-c3ccccc3-c3ccccc3-c3ccccc3)ccc21. The van der Waals surface area contributed by atoms with Crippen LogP contribution in [0.1, 0.15) is 25.0 Å². The Labute approximate surface area is 350 Å². The largest absolute Gasteiger partial charge is 0.310 e. The van der Waals surface area contributed by atoms with Crippen LogP contribution in [-0.2, 0) is 5.41 Å². The summed E-state index contributed by atoms with van der Waals surface area (Å²) in [7, 11) is 0. The lowest BCUT2D eigenvalue weighted by molar-refractivity contribution is 0.660. The molecule has 0 unspecified atom stereocenters. The van der Waals surface area contributed by atoms with Crippen molar-refractivity contribution in [2.75, 3.05) is 4.90 Å². The summed E-state index contributed by atoms with van der Waals surface area (Å²) in [5.41, 5.74) is 18.3. The average molecular weight is 772 g/mol. The molecule has 1 aliphatic rings. The molecule has 0 fully saturated rings. The predicted octanol–water partition coefficient (Wildman–Crippen LogP) is 16.5. The lowest BCUT2D eigenvalue weighted by atomic mass is 9.82. The Hall–Kier alpha value is -7.00. The van der Waals surface area contributed by atoms with Crippen LogP contribution in [0.2, 0.25) is 0 Å². The summed E-state index contributed by atoms with van der Waals surface area (Å²) >= 11 is 1.86. The summed E-state index contributed by atoms with van der Waals surface area (Å²) in [5, 5.41) is 2.64. The number of para-hydroxylation sites is 1. The first-order valence-corrected chi connectivity index (χ1v) is 21.2. The molecule has 0 bridgehead atoms. The van der Waals surface area contributed by atoms with Crippen LogP contribution < -0.4 is 4.90 Å². The van der Waals surface area contributed by atoms with Crippen LogP contribution in [0.4, 0.5) is 17.1 Å². The smallest absolute Gasteiger partial charge is 0.0540 e. The molecule has 0 aliphatic heterocycles. The number of thiophene rings is 1. The van der Waals surface area contributed by atoms with E-state index >= 15 is 0 Å². The van der Waals surface area contributed by atoms with Crippen LogP contribution >= 0.6 is 11.3 Å². The maximum Gasteiger partial charge on any atom is 0.0540 e. The highest BCUT2D eigenvalue weighted by Gasteiger charge is 2.35. The number of hydrogen-bond acceptors (Lipinski definition) is 2. The predicted molar refractivity (Wildman–Crippen MR) is 253 cm³/mol. The molecule has 0 amide bonds. The monoisotopic (exact) mass is 771 g/mol. The van der Waals surface area contributed by atoms with E-state index in [1.165, 1.54) is 86.9 Å². The number of hydrogen-bond donors (Lipinski definition) is 0. The zero-order valence-electron chi connectivity index (χ0n) is 33.1. The third kappa shape index (κ3) is 5.91. The van der Waals surface area contributed by atoms with Crippen molar-refractivity contribution in [2.24, 2.45) is 0 Å². The van der Waals surface area contributed by atoms with E-state index in [9.17, 15) is 0 Å². The molecule has 0 radical (unpaired) electrons. The second-order valence-corrected chi connectivity index (χ2v) is 17.2. The van der Waals surface area contributed by atoms with Crippen molar-refractivity contribution < 1.29 is 0 Å². The van der Waals surface area contributed by atoms with Gasteiger partial charge in [0.1, 0.15) is 0 Å². The average Bonchev–Trinajstić information content (AvgIpc) is 3.78. The molecule has 10 aromatic rings. The third-order valence-electron chi connectivity index (χ3n) is 12.3. The van der Waals surface area contributed by atoms with Crippen LogP contribution in [0, 0.1) is 0 Å². The molecule has 0 spiro atoms. The van der Waals surface area contributed by atoms with E-state index in [0.29, 0.717) is 0 Å². The van der Waals surface area contributed by atoms with Crippen molar-refractivity contribution in [1.82, 2.24) is 0 Å². The van der Waals surface area contributed by atoms with Gasteiger partial charge in [-0.1, -0.05) is 178 Å². The molecular formula is C57H41NS. The van der Waals surface area contributed by atoms with Gasteiger partial charge in [-0.3, -0.25) is 0 Å². The normalized spacial score (nSPS) is 12.7. The fourth-order valence-corrected chi connectivity index (χ4v) is 10.5. The van der Waals surface area contributed by atoms with E-state index in [1.54, 1.807) is 0 Å². The minimum Gasteiger partial charge on any atom is -0.310 e. The molecule has 0 atom stereocenters. The first-order chi connectivity index (χ1) is 29.0. The molecule has 1 aromatic heterocycles. The summed E-state index contributed by atoms with van der Waals surface area (Å²) in [5.74, 6) is 0. The second-order valence-electron chi connectivity index (χ2n) is 16.1. The quantitative estimate of drug-likeness (QED) is 0.156. The minimum absolute atomic E-state index is 0.0746. The molecule has 0 saturated heterocycles. The summed E-state index contributed by atoms with van der Waals surface area (Å²) in [6, 6.07) is 78.1. The number of nitrogens with zero attached hydrogens (tertiary/aromatic N) is 1. The molecule has 59 heavy (non-hydrogen) atoms. The highest BCUT2D eigenvalue weighted by Crippen LogP contribution is 2.52. The highest BCUT2D eigenvalue weighted by molar-refractivity contribution is 7.25. The molecule has 2 heteroatoms. The fraction of sp³-hybridized carbons (Fsp3) is 0.0526. The second kappa shape index (κ2) is 14.1. The molecule has 1 aliphatic carbocycles. The van der Waals surface area contributed by atoms with Crippen molar-refractivity contribution >= 4 is 48.6 Å². The molecular weight excluding hydrogens is 731 g/mol. The van der Waals surface area contributed by atoms with Gasteiger partial charge in [0, 0.05) is 42.5 Å². The molecule has 0 N–H and O–H groups in total. The Morgan fingerprint density at radius 3 is 1.66 bits per heavy atom. The van der Waals surface area contributed by atoms with Gasteiger partial charge in [-0.05, 0) is 110 Å². The standard InChI is InChI=1S/C57H41NS/c1-57(2)52-25-13-10-22-47(52)50-37-42(33-34-53(50)57)58(41-31-28-38(29-32-41)40-30-35-56-51(36-40)49-24-12-15-27-55(49)59-56)54-26-14-11-23-48(54)46-21-9-8-20-45(46)44-19-7-6-18-43(44)39-16-4-3-5-17-39/h3-37H,1-2H3. The van der Waals surface area contributed by atoms with E-state index < -0.39 is 0 Å². The van der Waals surface area contributed by atoms with Gasteiger partial charge in [0.2, 0.25) is 0 Å². The maximum absolute atomic E-state index is 2.46. The first-order valence-electron chi connectivity index (χ1n) is 20.4. The zero-order valence-corrected chi connectivity index (χ0v) is 33.9. The molecule has 9 aromatic carbocycles. The summed E-state index contributed by atoms with van der Waals surface area (Å²) in [4.78, 5) is 2.46. The van der Waals surface area contributed by atoms with Gasteiger partial charge in [0.05, 0.1) is 5.69 Å². The molecule has 1 heterocycles. The van der Waals surface area contributed by atoms with Gasteiger partial charge in [0.25, 0.3) is 0 Å². The Bertz CT molecular complexity index is 3190. The van der Waals surface area contributed by atoms with Gasteiger partial charge >= 0.3 is 0 Å². The Kier molecular flexibility index (Phi) is 8.43. The highest BCUT2D eigenvalue weighted by atomic mass is 32.1. The van der Waals surface area contributed by atoms with Crippen molar-refractivity contribution in [2.45, 2.75) is 19.3 Å². The van der Waals surface area contributed by atoms with Crippen LogP contribution in [-0.4, -0.2) is 0 Å². The number of benzene rings is 9. The van der Waals surface area contributed by atoms with Crippen LogP contribution in [0.25, 0.3) is 75.8 Å². The Morgan fingerprint density at radius 2 is 0.881 bits per heavy atom. The molecule has 0 saturated carbocycles. The van der Waals surface area contributed by atoms with Crippen molar-refractivity contribution in [3.63, 3.8) is 0 Å². The van der Waals surface area contributed by atoms with Gasteiger partial charge < -0.3 is 4.90 Å². The van der Waals surface area contributed by atoms with E-state index in [2.05, 4.69) is 231 Å². The lowest BCUT2D eigenvalue weighted by Crippen LogP contribution is -2.15. The molecule has 280 valence electrons. The maximum atomic E-state index is 2.46. The van der Waals surface area contributed by atoms with Gasteiger partial charge in [-0.25, -0.2) is 0 Å².